The van der Waals surface area contributed by atoms with Gasteiger partial charge in [-0.05, 0) is 23.8 Å². The molecule has 0 radical (unpaired) electrons. The van der Waals surface area contributed by atoms with Crippen LogP contribution in [0.3, 0.4) is 0 Å². The number of methoxy groups -OCH3 is 2. The maximum atomic E-state index is 14.2. The number of amides is 2. The van der Waals surface area contributed by atoms with Crippen LogP contribution in [-0.2, 0) is 16.1 Å². The summed E-state index contributed by atoms with van der Waals surface area (Å²) in [5, 5.41) is 2.98. The lowest BCUT2D eigenvalue weighted by Crippen LogP contribution is -2.32. The monoisotopic (exact) mass is 450 g/mol. The molecule has 1 aliphatic heterocycles. The average molecular weight is 450 g/mol. The van der Waals surface area contributed by atoms with Crippen LogP contribution in [-0.4, -0.2) is 30.9 Å². The summed E-state index contributed by atoms with van der Waals surface area (Å²) in [6.07, 6.45) is 0. The summed E-state index contributed by atoms with van der Waals surface area (Å²) in [6.45, 7) is -0.248. The van der Waals surface area contributed by atoms with Crippen molar-refractivity contribution in [1.82, 2.24) is 4.90 Å². The van der Waals surface area contributed by atoms with Crippen LogP contribution < -0.4 is 14.8 Å². The van der Waals surface area contributed by atoms with E-state index in [-0.39, 0.29) is 23.4 Å². The molecule has 0 fully saturated rings. The van der Waals surface area contributed by atoms with Gasteiger partial charge >= 0.3 is 0 Å². The number of carbonyl (C=O) groups excluding carboxylic acids is 2. The van der Waals surface area contributed by atoms with Crippen LogP contribution in [0.2, 0.25) is 0 Å². The predicted octanol–water partition coefficient (Wildman–Crippen LogP) is 4.37. The van der Waals surface area contributed by atoms with E-state index in [4.69, 9.17) is 9.47 Å². The number of imide groups is 1. The van der Waals surface area contributed by atoms with Crippen molar-refractivity contribution in [2.45, 2.75) is 6.54 Å². The van der Waals surface area contributed by atoms with E-state index in [1.807, 2.05) is 0 Å². The number of benzene rings is 3. The van der Waals surface area contributed by atoms with Crippen LogP contribution in [0.15, 0.2) is 72.4 Å². The van der Waals surface area contributed by atoms with Crippen LogP contribution >= 0.6 is 0 Å². The van der Waals surface area contributed by atoms with Gasteiger partial charge in [-0.2, -0.15) is 0 Å². The minimum Gasteiger partial charge on any atom is -0.497 e. The molecule has 1 heterocycles. The van der Waals surface area contributed by atoms with E-state index in [0.717, 1.165) is 4.90 Å². The lowest BCUT2D eigenvalue weighted by atomic mass is 10.0. The summed E-state index contributed by atoms with van der Waals surface area (Å²) in [4.78, 5) is 27.6. The van der Waals surface area contributed by atoms with Gasteiger partial charge in [0, 0.05) is 29.4 Å². The molecule has 0 aliphatic carbocycles. The Morgan fingerprint density at radius 2 is 1.48 bits per heavy atom. The summed E-state index contributed by atoms with van der Waals surface area (Å²) in [7, 11) is 2.98. The van der Waals surface area contributed by atoms with Crippen molar-refractivity contribution >= 4 is 23.1 Å². The largest absolute Gasteiger partial charge is 0.497 e. The first-order chi connectivity index (χ1) is 15.9. The Morgan fingerprint density at radius 1 is 0.848 bits per heavy atom. The van der Waals surface area contributed by atoms with Crippen molar-refractivity contribution in [3.8, 4) is 11.5 Å². The molecule has 0 unspecified atom stereocenters. The highest BCUT2D eigenvalue weighted by Crippen LogP contribution is 2.34. The average Bonchev–Trinajstić information content (AvgIpc) is 3.05. The fraction of sp³-hybridized carbons (Fsp3) is 0.120. The molecule has 0 saturated heterocycles. The number of hydrogen-bond donors (Lipinski definition) is 1. The Kier molecular flexibility index (Phi) is 6.08. The molecular weight excluding hydrogens is 430 g/mol. The maximum absolute atomic E-state index is 14.2. The molecule has 0 atom stereocenters. The molecular formula is C25H20F2N2O4. The minimum absolute atomic E-state index is 0.0155. The van der Waals surface area contributed by atoms with E-state index < -0.39 is 23.4 Å². The molecule has 168 valence electrons. The van der Waals surface area contributed by atoms with Crippen LogP contribution in [0, 0.1) is 11.6 Å². The molecule has 1 aliphatic rings. The van der Waals surface area contributed by atoms with E-state index in [0.29, 0.717) is 22.7 Å². The molecule has 0 saturated carbocycles. The number of carbonyl (C=O) groups is 2. The molecule has 3 aromatic carbocycles. The van der Waals surface area contributed by atoms with Crippen molar-refractivity contribution in [2.75, 3.05) is 19.5 Å². The molecule has 3 aromatic rings. The van der Waals surface area contributed by atoms with Gasteiger partial charge in [-0.15, -0.1) is 0 Å². The fourth-order valence-corrected chi connectivity index (χ4v) is 3.54. The summed E-state index contributed by atoms with van der Waals surface area (Å²) in [6, 6.07) is 16.1. The first-order valence-corrected chi connectivity index (χ1v) is 10.0. The maximum Gasteiger partial charge on any atom is 0.278 e. The van der Waals surface area contributed by atoms with Crippen LogP contribution in [0.1, 0.15) is 11.1 Å². The molecule has 6 nitrogen and oxygen atoms in total. The summed E-state index contributed by atoms with van der Waals surface area (Å²) < 4.78 is 38.3. The third-order valence-electron chi connectivity index (χ3n) is 5.21. The van der Waals surface area contributed by atoms with Gasteiger partial charge in [0.25, 0.3) is 11.8 Å². The Labute approximate surface area is 189 Å². The Balaban J connectivity index is 1.77. The molecule has 4 rings (SSSR count). The van der Waals surface area contributed by atoms with Gasteiger partial charge in [0.2, 0.25) is 0 Å². The molecule has 0 spiro atoms. The number of nitrogens with zero attached hydrogens (tertiary/aromatic N) is 1. The third-order valence-corrected chi connectivity index (χ3v) is 5.21. The lowest BCUT2D eigenvalue weighted by Gasteiger charge is -2.16. The number of rotatable bonds is 7. The van der Waals surface area contributed by atoms with E-state index >= 15 is 0 Å². The van der Waals surface area contributed by atoms with Gasteiger partial charge in [-0.25, -0.2) is 8.78 Å². The number of ether oxygens (including phenoxy) is 2. The molecule has 33 heavy (non-hydrogen) atoms. The van der Waals surface area contributed by atoms with Gasteiger partial charge < -0.3 is 14.8 Å². The van der Waals surface area contributed by atoms with Crippen LogP contribution in [0.4, 0.5) is 14.5 Å². The number of hydrogen-bond acceptors (Lipinski definition) is 5. The Bertz CT molecular complexity index is 1230. The second-order valence-electron chi connectivity index (χ2n) is 7.27. The van der Waals surface area contributed by atoms with Crippen molar-refractivity contribution in [3.63, 3.8) is 0 Å². The topological polar surface area (TPSA) is 67.9 Å². The van der Waals surface area contributed by atoms with Crippen LogP contribution in [0.25, 0.3) is 5.57 Å². The van der Waals surface area contributed by atoms with E-state index in [2.05, 4.69) is 5.32 Å². The predicted molar refractivity (Wildman–Crippen MR) is 118 cm³/mol. The van der Waals surface area contributed by atoms with Gasteiger partial charge in [-0.3, -0.25) is 14.5 Å². The smallest absolute Gasteiger partial charge is 0.278 e. The highest BCUT2D eigenvalue weighted by atomic mass is 19.1. The van der Waals surface area contributed by atoms with E-state index in [1.165, 1.54) is 56.7 Å². The second kappa shape index (κ2) is 9.12. The molecule has 1 N–H and O–H groups in total. The Morgan fingerprint density at radius 3 is 2.09 bits per heavy atom. The molecule has 0 aromatic heterocycles. The van der Waals surface area contributed by atoms with Gasteiger partial charge in [0.05, 0.1) is 26.3 Å². The van der Waals surface area contributed by atoms with Crippen molar-refractivity contribution in [3.05, 3.63) is 95.2 Å². The lowest BCUT2D eigenvalue weighted by molar-refractivity contribution is -0.137. The number of nitrogens with one attached hydrogen (secondary N) is 1. The SMILES string of the molecule is COc1cc(NC2=C(c3ccc(F)cc3)C(=O)N(Cc3ccccc3F)C2=O)cc(OC)c1. The summed E-state index contributed by atoms with van der Waals surface area (Å²) >= 11 is 0. The molecule has 2 amide bonds. The zero-order valence-corrected chi connectivity index (χ0v) is 17.9. The quantitative estimate of drug-likeness (QED) is 0.542. The second-order valence-corrected chi connectivity index (χ2v) is 7.27. The molecule has 0 bridgehead atoms. The Hall–Kier alpha value is -4.20. The highest BCUT2D eigenvalue weighted by molar-refractivity contribution is 6.36. The van der Waals surface area contributed by atoms with Gasteiger partial charge in [-0.1, -0.05) is 30.3 Å². The fourth-order valence-electron chi connectivity index (χ4n) is 3.54. The van der Waals surface area contributed by atoms with Crippen molar-refractivity contribution in [2.24, 2.45) is 0 Å². The first-order valence-electron chi connectivity index (χ1n) is 10.0. The van der Waals surface area contributed by atoms with Crippen LogP contribution in [0.5, 0.6) is 11.5 Å². The normalized spacial score (nSPS) is 13.5. The minimum atomic E-state index is -0.635. The van der Waals surface area contributed by atoms with Crippen molar-refractivity contribution < 1.29 is 27.8 Å². The zero-order valence-electron chi connectivity index (χ0n) is 17.9. The van der Waals surface area contributed by atoms with E-state index in [9.17, 15) is 18.4 Å². The third kappa shape index (κ3) is 4.41. The van der Waals surface area contributed by atoms with Crippen molar-refractivity contribution in [1.29, 1.82) is 0 Å². The summed E-state index contributed by atoms with van der Waals surface area (Å²) in [5.41, 5.74) is 1.02. The standard InChI is InChI=1S/C25H20F2N2O4/c1-32-19-11-18(12-20(13-19)33-2)28-23-22(15-7-9-17(26)10-8-15)24(30)29(25(23)31)14-16-5-3-4-6-21(16)27/h3-13,28H,14H2,1-2H3. The number of halogens is 2. The molecule has 8 heteroatoms. The zero-order chi connectivity index (χ0) is 23.5. The first kappa shape index (κ1) is 22.0. The van der Waals surface area contributed by atoms with E-state index in [1.54, 1.807) is 24.3 Å². The number of anilines is 1. The highest BCUT2D eigenvalue weighted by Gasteiger charge is 2.39. The van der Waals surface area contributed by atoms with Gasteiger partial charge in [0.1, 0.15) is 28.8 Å². The summed E-state index contributed by atoms with van der Waals surface area (Å²) in [5.74, 6) is -1.31. The van der Waals surface area contributed by atoms with Gasteiger partial charge in [0.15, 0.2) is 0 Å².